The van der Waals surface area contributed by atoms with Crippen molar-refractivity contribution in [2.75, 3.05) is 31.1 Å². The van der Waals surface area contributed by atoms with Gasteiger partial charge in [0.05, 0.1) is 11.4 Å². The first-order chi connectivity index (χ1) is 11.7. The predicted molar refractivity (Wildman–Crippen MR) is 95.5 cm³/mol. The molecule has 24 heavy (non-hydrogen) atoms. The number of aryl methyl sites for hydroxylation is 2. The van der Waals surface area contributed by atoms with Crippen LogP contribution in [0.25, 0.3) is 16.9 Å². The molecule has 0 unspecified atom stereocenters. The second-order valence-electron chi connectivity index (χ2n) is 6.33. The molecule has 124 valence electrons. The van der Waals surface area contributed by atoms with E-state index < -0.39 is 0 Å². The molecule has 1 fully saturated rings. The van der Waals surface area contributed by atoms with Crippen LogP contribution in [-0.4, -0.2) is 45.8 Å². The van der Waals surface area contributed by atoms with E-state index in [1.54, 1.807) is 0 Å². The fourth-order valence-corrected chi connectivity index (χ4v) is 3.38. The summed E-state index contributed by atoms with van der Waals surface area (Å²) in [5.74, 6) is 1.06. The second kappa shape index (κ2) is 5.87. The predicted octanol–water partition coefficient (Wildman–Crippen LogP) is 2.13. The maximum absolute atomic E-state index is 4.99. The molecule has 6 nitrogen and oxygen atoms in total. The molecule has 4 heterocycles. The highest BCUT2D eigenvalue weighted by Crippen LogP contribution is 2.29. The average Bonchev–Trinajstić information content (AvgIpc) is 2.96. The molecule has 1 saturated heterocycles. The quantitative estimate of drug-likeness (QED) is 0.783. The molecule has 4 rings (SSSR count). The lowest BCUT2D eigenvalue weighted by Crippen LogP contribution is -2.44. The summed E-state index contributed by atoms with van der Waals surface area (Å²) in [7, 11) is 0. The topological polar surface area (TPSA) is 58.4 Å². The average molecular weight is 322 g/mol. The Kier molecular flexibility index (Phi) is 3.69. The van der Waals surface area contributed by atoms with E-state index in [0.29, 0.717) is 0 Å². The Bertz CT molecular complexity index is 878. The summed E-state index contributed by atoms with van der Waals surface area (Å²) in [6.07, 6.45) is 3.62. The third-order valence-electron chi connectivity index (χ3n) is 4.83. The van der Waals surface area contributed by atoms with E-state index in [4.69, 9.17) is 10.1 Å². The summed E-state index contributed by atoms with van der Waals surface area (Å²) in [4.78, 5) is 11.3. The Balaban J connectivity index is 1.95. The largest absolute Gasteiger partial charge is 0.352 e. The molecule has 0 radical (unpaired) electrons. The van der Waals surface area contributed by atoms with Crippen molar-refractivity contribution in [2.24, 2.45) is 0 Å². The van der Waals surface area contributed by atoms with Gasteiger partial charge in [-0.1, -0.05) is 0 Å². The van der Waals surface area contributed by atoms with E-state index in [2.05, 4.69) is 29.0 Å². The summed E-state index contributed by atoms with van der Waals surface area (Å²) in [6, 6.07) is 4.02. The van der Waals surface area contributed by atoms with Gasteiger partial charge in [-0.15, -0.1) is 5.10 Å². The number of imidazole rings is 1. The Hall–Kier alpha value is -2.47. The monoisotopic (exact) mass is 322 g/mol. The van der Waals surface area contributed by atoms with Crippen molar-refractivity contribution in [1.29, 1.82) is 0 Å². The van der Waals surface area contributed by atoms with Gasteiger partial charge in [-0.05, 0) is 32.9 Å². The molecule has 0 amide bonds. The van der Waals surface area contributed by atoms with Crippen LogP contribution >= 0.6 is 0 Å². The number of anilines is 1. The summed E-state index contributed by atoms with van der Waals surface area (Å²) >= 11 is 0. The highest BCUT2D eigenvalue weighted by Gasteiger charge is 2.21. The second-order valence-corrected chi connectivity index (χ2v) is 6.33. The molecule has 3 aromatic heterocycles. The van der Waals surface area contributed by atoms with Crippen molar-refractivity contribution >= 4 is 11.5 Å². The highest BCUT2D eigenvalue weighted by atomic mass is 15.3. The zero-order chi connectivity index (χ0) is 16.7. The molecule has 0 saturated carbocycles. The van der Waals surface area contributed by atoms with Gasteiger partial charge < -0.3 is 10.2 Å². The third kappa shape index (κ3) is 2.34. The zero-order valence-corrected chi connectivity index (χ0v) is 14.4. The number of nitrogens with zero attached hydrogens (tertiary/aromatic N) is 5. The van der Waals surface area contributed by atoms with Crippen LogP contribution in [-0.2, 0) is 0 Å². The van der Waals surface area contributed by atoms with Crippen molar-refractivity contribution in [3.05, 3.63) is 41.3 Å². The Morgan fingerprint density at radius 1 is 1.00 bits per heavy atom. The van der Waals surface area contributed by atoms with E-state index in [-0.39, 0.29) is 0 Å². The lowest BCUT2D eigenvalue weighted by atomic mass is 10.1. The highest BCUT2D eigenvalue weighted by molar-refractivity contribution is 5.70. The van der Waals surface area contributed by atoms with Crippen molar-refractivity contribution in [3.8, 4) is 11.3 Å². The normalized spacial score (nSPS) is 15.2. The number of hydrogen-bond acceptors (Lipinski definition) is 5. The standard InChI is InChI=1S/C18H22N6/c1-12-13(2)18(23-10-8-20-9-11-23)22-24-16(14(3)21-17(12)24)15-4-6-19-7-5-15/h4-7,20H,8-11H2,1-3H3. The van der Waals surface area contributed by atoms with E-state index in [9.17, 15) is 0 Å². The van der Waals surface area contributed by atoms with Crippen LogP contribution in [0.2, 0.25) is 0 Å². The van der Waals surface area contributed by atoms with Gasteiger partial charge in [0.1, 0.15) is 0 Å². The SMILES string of the molecule is Cc1nc2c(C)c(C)c(N3CCNCC3)nn2c1-c1ccncc1. The van der Waals surface area contributed by atoms with E-state index in [0.717, 1.165) is 54.6 Å². The van der Waals surface area contributed by atoms with Crippen LogP contribution in [0.15, 0.2) is 24.5 Å². The minimum Gasteiger partial charge on any atom is -0.352 e. The van der Waals surface area contributed by atoms with Crippen molar-refractivity contribution < 1.29 is 0 Å². The summed E-state index contributed by atoms with van der Waals surface area (Å²) in [6.45, 7) is 10.3. The van der Waals surface area contributed by atoms with Crippen LogP contribution < -0.4 is 10.2 Å². The third-order valence-corrected chi connectivity index (χ3v) is 4.83. The van der Waals surface area contributed by atoms with Crippen LogP contribution in [0.4, 0.5) is 5.82 Å². The molecule has 0 atom stereocenters. The maximum atomic E-state index is 4.99. The van der Waals surface area contributed by atoms with Gasteiger partial charge in [-0.25, -0.2) is 9.50 Å². The fourth-order valence-electron chi connectivity index (χ4n) is 3.38. The van der Waals surface area contributed by atoms with E-state index >= 15 is 0 Å². The number of rotatable bonds is 2. The van der Waals surface area contributed by atoms with Crippen molar-refractivity contribution in [3.63, 3.8) is 0 Å². The summed E-state index contributed by atoms with van der Waals surface area (Å²) in [5, 5.41) is 8.39. The van der Waals surface area contributed by atoms with Gasteiger partial charge in [-0.2, -0.15) is 0 Å². The molecular weight excluding hydrogens is 300 g/mol. The Morgan fingerprint density at radius 2 is 1.71 bits per heavy atom. The smallest absolute Gasteiger partial charge is 0.157 e. The van der Waals surface area contributed by atoms with Crippen molar-refractivity contribution in [1.82, 2.24) is 24.9 Å². The molecule has 6 heteroatoms. The first-order valence-corrected chi connectivity index (χ1v) is 8.39. The number of nitrogens with one attached hydrogen (secondary N) is 1. The van der Waals surface area contributed by atoms with Crippen LogP contribution in [0, 0.1) is 20.8 Å². The van der Waals surface area contributed by atoms with Gasteiger partial charge in [0.15, 0.2) is 11.5 Å². The minimum absolute atomic E-state index is 0.940. The van der Waals surface area contributed by atoms with Gasteiger partial charge in [-0.3, -0.25) is 4.98 Å². The van der Waals surface area contributed by atoms with Crippen LogP contribution in [0.3, 0.4) is 0 Å². The first kappa shape index (κ1) is 15.1. The molecule has 0 aromatic carbocycles. The van der Waals surface area contributed by atoms with Crippen LogP contribution in [0.1, 0.15) is 16.8 Å². The molecule has 0 bridgehead atoms. The molecule has 0 aliphatic carbocycles. The van der Waals surface area contributed by atoms with E-state index in [1.165, 1.54) is 11.1 Å². The molecule has 0 spiro atoms. The maximum Gasteiger partial charge on any atom is 0.157 e. The summed E-state index contributed by atoms with van der Waals surface area (Å²) < 4.78 is 2.00. The van der Waals surface area contributed by atoms with Gasteiger partial charge in [0, 0.05) is 55.3 Å². The lowest BCUT2D eigenvalue weighted by molar-refractivity contribution is 0.580. The van der Waals surface area contributed by atoms with Gasteiger partial charge in [0.25, 0.3) is 0 Å². The number of fused-ring (bicyclic) bond motifs is 1. The first-order valence-electron chi connectivity index (χ1n) is 8.39. The molecular formula is C18H22N6. The lowest BCUT2D eigenvalue weighted by Gasteiger charge is -2.30. The molecule has 1 aliphatic heterocycles. The Morgan fingerprint density at radius 3 is 2.42 bits per heavy atom. The van der Waals surface area contributed by atoms with Gasteiger partial charge in [0.2, 0.25) is 0 Å². The number of hydrogen-bond donors (Lipinski definition) is 1. The number of piperazine rings is 1. The van der Waals surface area contributed by atoms with Crippen molar-refractivity contribution in [2.45, 2.75) is 20.8 Å². The Labute approximate surface area is 141 Å². The molecule has 1 N–H and O–H groups in total. The molecule has 3 aromatic rings. The molecule has 1 aliphatic rings. The number of aromatic nitrogens is 4. The zero-order valence-electron chi connectivity index (χ0n) is 14.4. The fraction of sp³-hybridized carbons (Fsp3) is 0.389. The van der Waals surface area contributed by atoms with Crippen LogP contribution in [0.5, 0.6) is 0 Å². The van der Waals surface area contributed by atoms with Gasteiger partial charge >= 0.3 is 0 Å². The number of pyridine rings is 1. The minimum atomic E-state index is 0.940. The van der Waals surface area contributed by atoms with E-state index in [1.807, 2.05) is 36.0 Å². The summed E-state index contributed by atoms with van der Waals surface area (Å²) in [5.41, 5.74) is 6.49.